The Hall–Kier alpha value is -1.23. The van der Waals surface area contributed by atoms with Crippen molar-refractivity contribution >= 4 is 5.95 Å². The lowest BCUT2D eigenvalue weighted by molar-refractivity contribution is 0.0400. The van der Waals surface area contributed by atoms with Crippen LogP contribution in [0, 0.1) is 5.92 Å². The smallest absolute Gasteiger partial charge is 0.223 e. The second kappa shape index (κ2) is 3.88. The molecule has 1 aromatic rings. The van der Waals surface area contributed by atoms with Gasteiger partial charge in [-0.3, -0.25) is 0 Å². The molecule has 1 aliphatic carbocycles. The quantitative estimate of drug-likeness (QED) is 0.772. The van der Waals surface area contributed by atoms with Crippen LogP contribution in [0.3, 0.4) is 0 Å². The highest BCUT2D eigenvalue weighted by Gasteiger charge is 2.34. The van der Waals surface area contributed by atoms with E-state index in [9.17, 15) is 0 Å². The molecule has 2 N–H and O–H groups in total. The molecular weight excluding hydrogens is 180 g/mol. The van der Waals surface area contributed by atoms with E-state index in [4.69, 9.17) is 10.5 Å². The van der Waals surface area contributed by atoms with E-state index in [2.05, 4.69) is 15.0 Å². The van der Waals surface area contributed by atoms with Crippen LogP contribution in [0.4, 0.5) is 5.95 Å². The average Bonchev–Trinajstić information content (AvgIpc) is 2.97. The Morgan fingerprint density at radius 3 is 2.93 bits per heavy atom. The Balaban J connectivity index is 2.16. The molecule has 14 heavy (non-hydrogen) atoms. The molecule has 5 heteroatoms. The standard InChI is InChI=1S/C9H14N4O/c1-2-14-7(6-3-4-6)8-11-5-12-9(10)13-8/h5-7H,2-4H2,1H3,(H2,10,11,12,13). The van der Waals surface area contributed by atoms with Gasteiger partial charge in [0.05, 0.1) is 0 Å². The molecule has 76 valence electrons. The topological polar surface area (TPSA) is 73.9 Å². The van der Waals surface area contributed by atoms with E-state index >= 15 is 0 Å². The lowest BCUT2D eigenvalue weighted by Crippen LogP contribution is -2.12. The first-order valence-corrected chi connectivity index (χ1v) is 4.87. The predicted octanol–water partition coefficient (Wildman–Crippen LogP) is 0.941. The zero-order chi connectivity index (χ0) is 9.97. The first kappa shape index (κ1) is 9.33. The normalized spacial score (nSPS) is 18.1. The summed E-state index contributed by atoms with van der Waals surface area (Å²) in [6.07, 6.45) is 3.82. The van der Waals surface area contributed by atoms with Crippen molar-refractivity contribution in [1.82, 2.24) is 15.0 Å². The van der Waals surface area contributed by atoms with E-state index in [0.717, 1.165) is 0 Å². The summed E-state index contributed by atoms with van der Waals surface area (Å²) in [6.45, 7) is 2.65. The van der Waals surface area contributed by atoms with Crippen LogP contribution in [0.5, 0.6) is 0 Å². The highest BCUT2D eigenvalue weighted by molar-refractivity contribution is 5.14. The molecule has 2 rings (SSSR count). The maximum atomic E-state index is 5.60. The van der Waals surface area contributed by atoms with Crippen LogP contribution in [0.1, 0.15) is 31.7 Å². The van der Waals surface area contributed by atoms with Gasteiger partial charge in [0.2, 0.25) is 5.95 Å². The Morgan fingerprint density at radius 1 is 1.57 bits per heavy atom. The van der Waals surface area contributed by atoms with Crippen molar-refractivity contribution in [3.63, 3.8) is 0 Å². The molecule has 1 unspecified atom stereocenters. The largest absolute Gasteiger partial charge is 0.370 e. The van der Waals surface area contributed by atoms with Gasteiger partial charge in [-0.05, 0) is 25.7 Å². The summed E-state index contributed by atoms with van der Waals surface area (Å²) in [7, 11) is 0. The zero-order valence-corrected chi connectivity index (χ0v) is 8.18. The molecule has 0 spiro atoms. The number of aromatic nitrogens is 3. The molecule has 0 bridgehead atoms. The molecule has 5 nitrogen and oxygen atoms in total. The van der Waals surface area contributed by atoms with E-state index in [1.807, 2.05) is 6.92 Å². The molecular formula is C9H14N4O. The van der Waals surface area contributed by atoms with Crippen molar-refractivity contribution in [3.8, 4) is 0 Å². The third kappa shape index (κ3) is 1.98. The molecule has 0 aromatic carbocycles. The van der Waals surface area contributed by atoms with Crippen LogP contribution >= 0.6 is 0 Å². The maximum absolute atomic E-state index is 5.60. The van der Waals surface area contributed by atoms with E-state index in [0.29, 0.717) is 18.3 Å². The molecule has 1 atom stereocenters. The number of ether oxygens (including phenoxy) is 1. The SMILES string of the molecule is CCOC(c1ncnc(N)n1)C1CC1. The Labute approximate surface area is 82.7 Å². The highest BCUT2D eigenvalue weighted by atomic mass is 16.5. The third-order valence-electron chi connectivity index (χ3n) is 2.26. The van der Waals surface area contributed by atoms with Crippen LogP contribution in [-0.2, 0) is 4.74 Å². The van der Waals surface area contributed by atoms with E-state index in [-0.39, 0.29) is 12.1 Å². The fourth-order valence-corrected chi connectivity index (χ4v) is 1.46. The number of anilines is 1. The van der Waals surface area contributed by atoms with Crippen molar-refractivity contribution < 1.29 is 4.74 Å². The summed E-state index contributed by atoms with van der Waals surface area (Å²) >= 11 is 0. The van der Waals surface area contributed by atoms with Gasteiger partial charge in [-0.15, -0.1) is 0 Å². The molecule has 0 saturated heterocycles. The van der Waals surface area contributed by atoms with Gasteiger partial charge in [-0.1, -0.05) is 0 Å². The van der Waals surface area contributed by atoms with Crippen LogP contribution in [0.15, 0.2) is 6.33 Å². The van der Waals surface area contributed by atoms with Gasteiger partial charge in [-0.25, -0.2) is 9.97 Å². The van der Waals surface area contributed by atoms with Crippen molar-refractivity contribution in [3.05, 3.63) is 12.2 Å². The van der Waals surface area contributed by atoms with Crippen LogP contribution < -0.4 is 5.73 Å². The first-order valence-electron chi connectivity index (χ1n) is 4.87. The number of hydrogen-bond donors (Lipinski definition) is 1. The summed E-state index contributed by atoms with van der Waals surface area (Å²) in [6, 6.07) is 0. The summed E-state index contributed by atoms with van der Waals surface area (Å²) in [5.74, 6) is 1.50. The second-order valence-electron chi connectivity index (χ2n) is 3.42. The fraction of sp³-hybridized carbons (Fsp3) is 0.667. The number of hydrogen-bond acceptors (Lipinski definition) is 5. The highest BCUT2D eigenvalue weighted by Crippen LogP contribution is 2.42. The Kier molecular flexibility index (Phi) is 2.58. The lowest BCUT2D eigenvalue weighted by atomic mass is 10.2. The van der Waals surface area contributed by atoms with Gasteiger partial charge < -0.3 is 10.5 Å². The first-order chi connectivity index (χ1) is 6.81. The van der Waals surface area contributed by atoms with Crippen LogP contribution in [-0.4, -0.2) is 21.6 Å². The molecule has 0 aliphatic heterocycles. The van der Waals surface area contributed by atoms with Crippen molar-refractivity contribution in [2.75, 3.05) is 12.3 Å². The van der Waals surface area contributed by atoms with E-state index in [1.54, 1.807) is 0 Å². The Bertz CT molecular complexity index is 313. The number of nitrogens with zero attached hydrogens (tertiary/aromatic N) is 3. The lowest BCUT2D eigenvalue weighted by Gasteiger charge is -2.14. The molecule has 1 fully saturated rings. The van der Waals surface area contributed by atoms with Crippen LogP contribution in [0.25, 0.3) is 0 Å². The summed E-state index contributed by atoms with van der Waals surface area (Å²) in [5, 5.41) is 0. The number of rotatable bonds is 4. The monoisotopic (exact) mass is 194 g/mol. The van der Waals surface area contributed by atoms with Gasteiger partial charge in [0.15, 0.2) is 5.82 Å². The molecule has 1 aliphatic rings. The van der Waals surface area contributed by atoms with Gasteiger partial charge in [0, 0.05) is 6.61 Å². The van der Waals surface area contributed by atoms with Gasteiger partial charge in [0.25, 0.3) is 0 Å². The average molecular weight is 194 g/mol. The van der Waals surface area contributed by atoms with E-state index in [1.165, 1.54) is 19.2 Å². The second-order valence-corrected chi connectivity index (χ2v) is 3.42. The van der Waals surface area contributed by atoms with Gasteiger partial charge >= 0.3 is 0 Å². The van der Waals surface area contributed by atoms with Crippen molar-refractivity contribution in [2.45, 2.75) is 25.9 Å². The van der Waals surface area contributed by atoms with Crippen molar-refractivity contribution in [2.24, 2.45) is 5.92 Å². The molecule has 1 heterocycles. The minimum Gasteiger partial charge on any atom is -0.370 e. The fourth-order valence-electron chi connectivity index (χ4n) is 1.46. The Morgan fingerprint density at radius 2 is 2.36 bits per heavy atom. The molecule has 1 saturated carbocycles. The summed E-state index contributed by atoms with van der Waals surface area (Å²) in [4.78, 5) is 11.9. The van der Waals surface area contributed by atoms with Crippen molar-refractivity contribution in [1.29, 1.82) is 0 Å². The molecule has 0 amide bonds. The number of nitrogen functional groups attached to an aromatic ring is 1. The number of nitrogens with two attached hydrogens (primary N) is 1. The molecule has 0 radical (unpaired) electrons. The predicted molar refractivity (Wildman–Crippen MR) is 51.3 cm³/mol. The van der Waals surface area contributed by atoms with Gasteiger partial charge in [0.1, 0.15) is 12.4 Å². The maximum Gasteiger partial charge on any atom is 0.223 e. The molecule has 1 aromatic heterocycles. The minimum absolute atomic E-state index is 0.00491. The summed E-state index contributed by atoms with van der Waals surface area (Å²) in [5.41, 5.74) is 5.50. The minimum atomic E-state index is 0.00491. The zero-order valence-electron chi connectivity index (χ0n) is 8.18. The van der Waals surface area contributed by atoms with Gasteiger partial charge in [-0.2, -0.15) is 4.98 Å². The van der Waals surface area contributed by atoms with Crippen LogP contribution in [0.2, 0.25) is 0 Å². The summed E-state index contributed by atoms with van der Waals surface area (Å²) < 4.78 is 5.60. The third-order valence-corrected chi connectivity index (χ3v) is 2.26. The van der Waals surface area contributed by atoms with E-state index < -0.39 is 0 Å².